The van der Waals surface area contributed by atoms with Crippen molar-refractivity contribution in [2.75, 3.05) is 20.0 Å². The van der Waals surface area contributed by atoms with Gasteiger partial charge < -0.3 is 24.4 Å². The number of carbonyl (C=O) groups is 1. The molecule has 4 aromatic rings. The van der Waals surface area contributed by atoms with E-state index in [0.717, 1.165) is 10.8 Å². The van der Waals surface area contributed by atoms with E-state index in [1.165, 1.54) is 26.4 Å². The minimum atomic E-state index is -0.836. The molecule has 2 heterocycles. The number of carbonyl (C=O) groups excluding carboxylic acids is 1. The molecule has 154 valence electrons. The summed E-state index contributed by atoms with van der Waals surface area (Å²) in [6.45, 7) is 0. The Bertz CT molecular complexity index is 1320. The van der Waals surface area contributed by atoms with Gasteiger partial charge in [0, 0.05) is 23.0 Å². The van der Waals surface area contributed by atoms with Gasteiger partial charge in [-0.25, -0.2) is 14.6 Å². The molecule has 30 heavy (non-hydrogen) atoms. The maximum atomic E-state index is 12.6. The molecule has 4 rings (SSSR count). The minimum absolute atomic E-state index is 0. The normalized spacial score (nSPS) is 10.5. The van der Waals surface area contributed by atoms with Crippen molar-refractivity contribution in [1.29, 1.82) is 0 Å². The van der Waals surface area contributed by atoms with E-state index in [1.54, 1.807) is 36.5 Å². The smallest absolute Gasteiger partial charge is 0.351 e. The zero-order valence-corrected chi connectivity index (χ0v) is 16.8. The number of benzene rings is 2. The van der Waals surface area contributed by atoms with Crippen LogP contribution < -0.4 is 25.6 Å². The van der Waals surface area contributed by atoms with E-state index in [0.29, 0.717) is 22.7 Å². The van der Waals surface area contributed by atoms with Crippen LogP contribution in [-0.2, 0) is 0 Å². The lowest BCUT2D eigenvalue weighted by molar-refractivity contribution is 0.0731. The largest absolute Gasteiger partial charge is 0.493 e. The van der Waals surface area contributed by atoms with Crippen LogP contribution in [0.5, 0.6) is 17.2 Å². The van der Waals surface area contributed by atoms with E-state index in [2.05, 4.69) is 4.98 Å². The van der Waals surface area contributed by atoms with Gasteiger partial charge in [-0.2, -0.15) is 0 Å². The number of methoxy groups -OCH3 is 2. The van der Waals surface area contributed by atoms with E-state index in [4.69, 9.17) is 24.4 Å². The number of nitrogen functional groups attached to an aromatic ring is 1. The summed E-state index contributed by atoms with van der Waals surface area (Å²) in [5.41, 5.74) is 5.03. The number of hydrogen-bond acceptors (Lipinski definition) is 8. The Labute approximate surface area is 176 Å². The molecule has 0 spiro atoms. The Kier molecular flexibility index (Phi) is 5.79. The van der Waals surface area contributed by atoms with Crippen LogP contribution in [0.4, 0.5) is 5.82 Å². The molecule has 0 atom stereocenters. The third kappa shape index (κ3) is 3.72. The molecule has 0 unspecified atom stereocenters. The number of nitrogens with zero attached hydrogens (tertiary/aromatic N) is 1. The molecular formula is C21H17ClN2O6. The first kappa shape index (κ1) is 20.9. The summed E-state index contributed by atoms with van der Waals surface area (Å²) in [5, 5.41) is 1.98. The first-order chi connectivity index (χ1) is 14.0. The molecule has 0 aliphatic heterocycles. The first-order valence-corrected chi connectivity index (χ1v) is 8.56. The molecule has 0 amide bonds. The second kappa shape index (κ2) is 8.30. The molecule has 0 radical (unpaired) electrons. The molecular weight excluding hydrogens is 412 g/mol. The molecule has 0 saturated heterocycles. The Hall–Kier alpha value is -3.78. The molecule has 2 N–H and O–H groups in total. The predicted octanol–water partition coefficient (Wildman–Crippen LogP) is 3.58. The molecule has 2 aromatic carbocycles. The lowest BCUT2D eigenvalue weighted by Gasteiger charge is -2.09. The van der Waals surface area contributed by atoms with E-state index in [-0.39, 0.29) is 29.3 Å². The van der Waals surface area contributed by atoms with Crippen LogP contribution in [0.2, 0.25) is 0 Å². The van der Waals surface area contributed by atoms with Crippen molar-refractivity contribution in [2.24, 2.45) is 0 Å². The summed E-state index contributed by atoms with van der Waals surface area (Å²) < 4.78 is 21.1. The van der Waals surface area contributed by atoms with Crippen LogP contribution in [0.3, 0.4) is 0 Å². The van der Waals surface area contributed by atoms with Crippen molar-refractivity contribution in [2.45, 2.75) is 0 Å². The second-order valence-electron chi connectivity index (χ2n) is 6.16. The SMILES string of the molecule is COc1cc2cc(C(=O)Oc3ccc4c(N)nccc4c3)c(=O)oc2cc1OC.Cl. The van der Waals surface area contributed by atoms with Gasteiger partial charge in [0.05, 0.1) is 14.2 Å². The number of pyridine rings is 1. The quantitative estimate of drug-likeness (QED) is 0.298. The molecule has 9 heteroatoms. The number of rotatable bonds is 4. The Balaban J connectivity index is 0.00000256. The highest BCUT2D eigenvalue weighted by Crippen LogP contribution is 2.32. The maximum absolute atomic E-state index is 12.6. The molecule has 0 bridgehead atoms. The van der Waals surface area contributed by atoms with E-state index >= 15 is 0 Å². The van der Waals surface area contributed by atoms with Gasteiger partial charge in [-0.15, -0.1) is 12.4 Å². The first-order valence-electron chi connectivity index (χ1n) is 8.56. The molecule has 0 aliphatic rings. The molecule has 2 aromatic heterocycles. The lowest BCUT2D eigenvalue weighted by atomic mass is 10.1. The summed E-state index contributed by atoms with van der Waals surface area (Å²) in [6.07, 6.45) is 1.56. The van der Waals surface area contributed by atoms with Crippen molar-refractivity contribution in [3.8, 4) is 17.2 Å². The summed E-state index contributed by atoms with van der Waals surface area (Å²) >= 11 is 0. The maximum Gasteiger partial charge on any atom is 0.351 e. The van der Waals surface area contributed by atoms with Crippen molar-refractivity contribution in [3.05, 3.63) is 64.6 Å². The van der Waals surface area contributed by atoms with Crippen molar-refractivity contribution in [1.82, 2.24) is 4.98 Å². The average molecular weight is 429 g/mol. The summed E-state index contributed by atoms with van der Waals surface area (Å²) in [5.74, 6) is 0.647. The fourth-order valence-electron chi connectivity index (χ4n) is 2.99. The van der Waals surface area contributed by atoms with Crippen LogP contribution in [-0.4, -0.2) is 25.2 Å². The zero-order chi connectivity index (χ0) is 20.5. The molecule has 0 fully saturated rings. The van der Waals surface area contributed by atoms with Crippen LogP contribution in [0.25, 0.3) is 21.7 Å². The van der Waals surface area contributed by atoms with Crippen molar-refractivity contribution >= 4 is 45.9 Å². The number of nitrogens with two attached hydrogens (primary N) is 1. The molecule has 0 saturated carbocycles. The van der Waals surface area contributed by atoms with Gasteiger partial charge in [0.2, 0.25) is 0 Å². The standard InChI is InChI=1S/C21H16N2O6.ClH/c1-26-17-9-12-8-15(21(25)29-16(12)10-18(17)27-2)20(24)28-13-3-4-14-11(7-13)5-6-23-19(14)22;/h3-10H,1-2H3,(H2,22,23);1H. The topological polar surface area (TPSA) is 114 Å². The number of aromatic nitrogens is 1. The van der Waals surface area contributed by atoms with Gasteiger partial charge in [-0.05, 0) is 41.8 Å². The fraction of sp³-hybridized carbons (Fsp3) is 0.0952. The van der Waals surface area contributed by atoms with Crippen LogP contribution in [0.15, 0.2) is 57.9 Å². The Morgan fingerprint density at radius 2 is 1.73 bits per heavy atom. The number of fused-ring (bicyclic) bond motifs is 2. The third-order valence-electron chi connectivity index (χ3n) is 4.44. The number of anilines is 1. The molecule has 8 nitrogen and oxygen atoms in total. The summed E-state index contributed by atoms with van der Waals surface area (Å²) in [6, 6.07) is 11.2. The number of halogens is 1. The van der Waals surface area contributed by atoms with Gasteiger partial charge in [-0.1, -0.05) is 0 Å². The molecule has 0 aliphatic carbocycles. The van der Waals surface area contributed by atoms with E-state index in [9.17, 15) is 9.59 Å². The number of ether oxygens (including phenoxy) is 3. The monoisotopic (exact) mass is 428 g/mol. The minimum Gasteiger partial charge on any atom is -0.493 e. The van der Waals surface area contributed by atoms with Crippen LogP contribution >= 0.6 is 12.4 Å². The van der Waals surface area contributed by atoms with E-state index in [1.807, 2.05) is 0 Å². The number of esters is 1. The van der Waals surface area contributed by atoms with Gasteiger partial charge in [0.1, 0.15) is 22.7 Å². The predicted molar refractivity (Wildman–Crippen MR) is 114 cm³/mol. The van der Waals surface area contributed by atoms with Crippen LogP contribution in [0.1, 0.15) is 10.4 Å². The van der Waals surface area contributed by atoms with Crippen LogP contribution in [0, 0.1) is 0 Å². The Morgan fingerprint density at radius 3 is 2.47 bits per heavy atom. The highest BCUT2D eigenvalue weighted by Gasteiger charge is 2.18. The number of hydrogen-bond donors (Lipinski definition) is 1. The zero-order valence-electron chi connectivity index (χ0n) is 16.0. The second-order valence-corrected chi connectivity index (χ2v) is 6.16. The van der Waals surface area contributed by atoms with Gasteiger partial charge in [-0.3, -0.25) is 0 Å². The lowest BCUT2D eigenvalue weighted by Crippen LogP contribution is -2.18. The highest BCUT2D eigenvalue weighted by molar-refractivity contribution is 5.96. The highest BCUT2D eigenvalue weighted by atomic mass is 35.5. The van der Waals surface area contributed by atoms with Gasteiger partial charge in [0.15, 0.2) is 11.5 Å². The van der Waals surface area contributed by atoms with Crippen molar-refractivity contribution < 1.29 is 23.4 Å². The third-order valence-corrected chi connectivity index (χ3v) is 4.44. The van der Waals surface area contributed by atoms with Crippen molar-refractivity contribution in [3.63, 3.8) is 0 Å². The Morgan fingerprint density at radius 1 is 1.00 bits per heavy atom. The fourth-order valence-corrected chi connectivity index (χ4v) is 2.99. The average Bonchev–Trinajstić information content (AvgIpc) is 2.72. The van der Waals surface area contributed by atoms with Gasteiger partial charge in [0.25, 0.3) is 0 Å². The van der Waals surface area contributed by atoms with Gasteiger partial charge >= 0.3 is 11.6 Å². The summed E-state index contributed by atoms with van der Waals surface area (Å²) in [7, 11) is 2.96. The van der Waals surface area contributed by atoms with E-state index < -0.39 is 11.6 Å². The summed E-state index contributed by atoms with van der Waals surface area (Å²) in [4.78, 5) is 28.9.